The van der Waals surface area contributed by atoms with Gasteiger partial charge in [-0.05, 0) is 44.0 Å². The fourth-order valence-electron chi connectivity index (χ4n) is 3.05. The number of rotatable bonds is 7. The van der Waals surface area contributed by atoms with E-state index < -0.39 is 6.61 Å². The summed E-state index contributed by atoms with van der Waals surface area (Å²) in [5.41, 5.74) is 4.63. The molecule has 0 bridgehead atoms. The smallest absolute Gasteiger partial charge is 0.387 e. The van der Waals surface area contributed by atoms with Crippen molar-refractivity contribution >= 4 is 17.2 Å². The van der Waals surface area contributed by atoms with Crippen molar-refractivity contribution in [3.63, 3.8) is 0 Å². The zero-order chi connectivity index (χ0) is 21.8. The van der Waals surface area contributed by atoms with Crippen molar-refractivity contribution in [2.75, 3.05) is 7.11 Å². The van der Waals surface area contributed by atoms with Gasteiger partial charge in [0.05, 0.1) is 12.8 Å². The Morgan fingerprint density at radius 1 is 1.13 bits per heavy atom. The van der Waals surface area contributed by atoms with E-state index in [1.165, 1.54) is 30.1 Å². The second kappa shape index (κ2) is 9.21. The third-order valence-corrected chi connectivity index (χ3v) is 5.70. The zero-order valence-electron chi connectivity index (χ0n) is 17.1. The summed E-state index contributed by atoms with van der Waals surface area (Å²) in [6, 6.07) is 10.7. The molecule has 3 aromatic rings. The Hall–Kier alpha value is -3.00. The van der Waals surface area contributed by atoms with Crippen LogP contribution in [0.1, 0.15) is 32.1 Å². The number of thiazole rings is 1. The summed E-state index contributed by atoms with van der Waals surface area (Å²) in [6.45, 7) is 3.13. The molecule has 1 N–H and O–H groups in total. The lowest BCUT2D eigenvalue weighted by molar-refractivity contribution is -0.0512. The average Bonchev–Trinajstić information content (AvgIpc) is 3.07. The number of alkyl halides is 2. The number of methoxy groups -OCH3 is 1. The van der Waals surface area contributed by atoms with Crippen LogP contribution in [0, 0.1) is 20.8 Å². The van der Waals surface area contributed by atoms with Crippen LogP contribution in [-0.2, 0) is 6.54 Å². The Morgan fingerprint density at radius 2 is 1.90 bits per heavy atom. The minimum Gasteiger partial charge on any atom is -0.493 e. The maximum absolute atomic E-state index is 12.7. The van der Waals surface area contributed by atoms with Crippen molar-refractivity contribution in [2.24, 2.45) is 0 Å². The minimum absolute atomic E-state index is 0.0565. The summed E-state index contributed by atoms with van der Waals surface area (Å²) < 4.78 is 34.4. The van der Waals surface area contributed by atoms with E-state index in [4.69, 9.17) is 4.74 Å². The maximum atomic E-state index is 12.7. The van der Waals surface area contributed by atoms with E-state index in [9.17, 15) is 13.6 Å². The van der Waals surface area contributed by atoms with Crippen LogP contribution in [-0.4, -0.2) is 24.6 Å². The monoisotopic (exact) mass is 432 g/mol. The van der Waals surface area contributed by atoms with Gasteiger partial charge in [-0.2, -0.15) is 8.78 Å². The molecule has 2 aromatic carbocycles. The van der Waals surface area contributed by atoms with E-state index in [0.29, 0.717) is 16.1 Å². The molecule has 30 heavy (non-hydrogen) atoms. The number of ether oxygens (including phenoxy) is 2. The highest BCUT2D eigenvalue weighted by molar-refractivity contribution is 7.17. The molecule has 0 unspecified atom stereocenters. The first-order valence-electron chi connectivity index (χ1n) is 9.23. The SMILES string of the molecule is COc1cc(CNC(=O)c2sc(-c3ccc(C)cc3C)nc2C)ccc1OC(F)F. The summed E-state index contributed by atoms with van der Waals surface area (Å²) in [6.07, 6.45) is 0. The van der Waals surface area contributed by atoms with Crippen molar-refractivity contribution in [3.05, 3.63) is 63.7 Å². The second-order valence-corrected chi connectivity index (χ2v) is 7.80. The van der Waals surface area contributed by atoms with Crippen molar-refractivity contribution in [1.82, 2.24) is 10.3 Å². The number of carbonyl (C=O) groups excluding carboxylic acids is 1. The number of hydrogen-bond donors (Lipinski definition) is 1. The number of aryl methyl sites for hydroxylation is 3. The molecule has 1 heterocycles. The van der Waals surface area contributed by atoms with Crippen LogP contribution in [0.3, 0.4) is 0 Å². The molecule has 0 aliphatic carbocycles. The predicted molar refractivity (Wildman–Crippen MR) is 113 cm³/mol. The second-order valence-electron chi connectivity index (χ2n) is 6.80. The van der Waals surface area contributed by atoms with Crippen molar-refractivity contribution in [3.8, 4) is 22.1 Å². The average molecular weight is 432 g/mol. The summed E-state index contributed by atoms with van der Waals surface area (Å²) in [5.74, 6) is -0.125. The van der Waals surface area contributed by atoms with Gasteiger partial charge in [0, 0.05) is 12.1 Å². The maximum Gasteiger partial charge on any atom is 0.387 e. The Bertz CT molecular complexity index is 1070. The Balaban J connectivity index is 1.73. The molecular weight excluding hydrogens is 410 g/mol. The van der Waals surface area contributed by atoms with Crippen LogP contribution < -0.4 is 14.8 Å². The van der Waals surface area contributed by atoms with Crippen LogP contribution in [0.5, 0.6) is 11.5 Å². The summed E-state index contributed by atoms with van der Waals surface area (Å²) in [7, 11) is 1.37. The van der Waals surface area contributed by atoms with Gasteiger partial charge >= 0.3 is 6.61 Å². The number of amides is 1. The van der Waals surface area contributed by atoms with E-state index in [2.05, 4.69) is 21.1 Å². The molecule has 5 nitrogen and oxygen atoms in total. The third-order valence-electron chi connectivity index (χ3n) is 4.51. The van der Waals surface area contributed by atoms with Gasteiger partial charge in [0.2, 0.25) is 0 Å². The highest BCUT2D eigenvalue weighted by atomic mass is 32.1. The minimum atomic E-state index is -2.94. The number of carbonyl (C=O) groups is 1. The molecule has 0 spiro atoms. The van der Waals surface area contributed by atoms with Crippen molar-refractivity contribution in [1.29, 1.82) is 0 Å². The van der Waals surface area contributed by atoms with Gasteiger partial charge in [-0.25, -0.2) is 4.98 Å². The van der Waals surface area contributed by atoms with Crippen molar-refractivity contribution < 1.29 is 23.0 Å². The fraction of sp³-hybridized carbons (Fsp3) is 0.273. The number of benzene rings is 2. The first-order chi connectivity index (χ1) is 14.3. The van der Waals surface area contributed by atoms with Crippen LogP contribution in [0.15, 0.2) is 36.4 Å². The van der Waals surface area contributed by atoms with Gasteiger partial charge < -0.3 is 14.8 Å². The molecule has 0 saturated heterocycles. The molecule has 0 atom stereocenters. The Morgan fingerprint density at radius 3 is 2.57 bits per heavy atom. The molecule has 1 amide bonds. The molecule has 0 fully saturated rings. The van der Waals surface area contributed by atoms with Gasteiger partial charge in [-0.15, -0.1) is 11.3 Å². The highest BCUT2D eigenvalue weighted by Crippen LogP contribution is 2.31. The predicted octanol–water partition coefficient (Wildman–Crippen LogP) is 5.28. The normalized spacial score (nSPS) is 10.9. The number of aromatic nitrogens is 1. The summed E-state index contributed by atoms with van der Waals surface area (Å²) in [5, 5.41) is 3.64. The van der Waals surface area contributed by atoms with Crippen LogP contribution in [0.4, 0.5) is 8.78 Å². The molecule has 158 valence electrons. The topological polar surface area (TPSA) is 60.5 Å². The number of nitrogens with one attached hydrogen (secondary N) is 1. The molecule has 0 aliphatic rings. The first kappa shape index (κ1) is 21.7. The van der Waals surface area contributed by atoms with Gasteiger partial charge in [-0.1, -0.05) is 29.8 Å². The molecule has 1 aromatic heterocycles. The third kappa shape index (κ3) is 4.94. The molecule has 8 heteroatoms. The molecular formula is C22H22F2N2O3S. The van der Waals surface area contributed by atoms with Crippen LogP contribution in [0.25, 0.3) is 10.6 Å². The standard InChI is InChI=1S/C22H22F2N2O3S/c1-12-5-7-16(13(2)9-12)21-26-14(3)19(30-21)20(27)25-11-15-6-8-17(29-22(23)24)18(10-15)28-4/h5-10,22H,11H2,1-4H3,(H,25,27). The summed E-state index contributed by atoms with van der Waals surface area (Å²) in [4.78, 5) is 17.8. The molecule has 0 saturated carbocycles. The van der Waals surface area contributed by atoms with Crippen LogP contribution >= 0.6 is 11.3 Å². The van der Waals surface area contributed by atoms with Gasteiger partial charge in [0.25, 0.3) is 5.91 Å². The quantitative estimate of drug-likeness (QED) is 0.552. The van der Waals surface area contributed by atoms with Gasteiger partial charge in [0.15, 0.2) is 11.5 Å². The van der Waals surface area contributed by atoms with Gasteiger partial charge in [0.1, 0.15) is 9.88 Å². The van der Waals surface area contributed by atoms with E-state index in [1.54, 1.807) is 19.1 Å². The molecule has 0 aliphatic heterocycles. The Labute approximate surface area is 177 Å². The molecule has 3 rings (SSSR count). The van der Waals surface area contributed by atoms with E-state index >= 15 is 0 Å². The highest BCUT2D eigenvalue weighted by Gasteiger charge is 2.18. The van der Waals surface area contributed by atoms with Gasteiger partial charge in [-0.3, -0.25) is 4.79 Å². The first-order valence-corrected chi connectivity index (χ1v) is 10.0. The van der Waals surface area contributed by atoms with E-state index in [-0.39, 0.29) is 24.0 Å². The molecule has 0 radical (unpaired) electrons. The van der Waals surface area contributed by atoms with E-state index in [0.717, 1.165) is 16.1 Å². The lowest BCUT2D eigenvalue weighted by atomic mass is 10.1. The Kier molecular flexibility index (Phi) is 6.66. The fourth-order valence-corrected chi connectivity index (χ4v) is 4.13. The lowest BCUT2D eigenvalue weighted by Crippen LogP contribution is -2.22. The van der Waals surface area contributed by atoms with E-state index in [1.807, 2.05) is 26.0 Å². The number of nitrogens with zero attached hydrogens (tertiary/aromatic N) is 1. The number of halogens is 2. The number of hydrogen-bond acceptors (Lipinski definition) is 5. The summed E-state index contributed by atoms with van der Waals surface area (Å²) >= 11 is 1.34. The van der Waals surface area contributed by atoms with Crippen LogP contribution in [0.2, 0.25) is 0 Å². The zero-order valence-corrected chi connectivity index (χ0v) is 17.9. The lowest BCUT2D eigenvalue weighted by Gasteiger charge is -2.11. The van der Waals surface area contributed by atoms with Crippen molar-refractivity contribution in [2.45, 2.75) is 33.9 Å². The largest absolute Gasteiger partial charge is 0.493 e.